The SMILES string of the molecule is CCCCCCC(C)OCc1cc(C(=O)NN)ccc1F. The van der Waals surface area contributed by atoms with Gasteiger partial charge in [0, 0.05) is 11.1 Å². The molecule has 0 heterocycles. The molecule has 1 amide bonds. The lowest BCUT2D eigenvalue weighted by molar-refractivity contribution is 0.0443. The zero-order chi connectivity index (χ0) is 15.7. The van der Waals surface area contributed by atoms with E-state index >= 15 is 0 Å². The maximum atomic E-state index is 13.7. The lowest BCUT2D eigenvalue weighted by Gasteiger charge is -2.14. The largest absolute Gasteiger partial charge is 0.374 e. The fraction of sp³-hybridized carbons (Fsp3) is 0.562. The molecule has 0 aliphatic carbocycles. The average Bonchev–Trinajstić information content (AvgIpc) is 2.50. The molecule has 0 saturated carbocycles. The van der Waals surface area contributed by atoms with Crippen LogP contribution < -0.4 is 11.3 Å². The number of nitrogen functional groups attached to an aromatic ring is 1. The quantitative estimate of drug-likeness (QED) is 0.318. The Balaban J connectivity index is 2.48. The van der Waals surface area contributed by atoms with Gasteiger partial charge < -0.3 is 4.74 Å². The molecule has 0 radical (unpaired) electrons. The molecular weight excluding hydrogens is 271 g/mol. The number of hydrazine groups is 1. The summed E-state index contributed by atoms with van der Waals surface area (Å²) in [6.45, 7) is 4.32. The highest BCUT2D eigenvalue weighted by Gasteiger charge is 2.10. The van der Waals surface area contributed by atoms with Crippen LogP contribution in [0.15, 0.2) is 18.2 Å². The third-order valence-corrected chi connectivity index (χ3v) is 3.43. The lowest BCUT2D eigenvalue weighted by atomic mass is 10.1. The highest BCUT2D eigenvalue weighted by atomic mass is 19.1. The summed E-state index contributed by atoms with van der Waals surface area (Å²) in [6.07, 6.45) is 5.80. The molecule has 0 spiro atoms. The molecule has 1 atom stereocenters. The Kier molecular flexibility index (Phi) is 7.93. The number of halogens is 1. The van der Waals surface area contributed by atoms with Gasteiger partial charge in [0.2, 0.25) is 0 Å². The second-order valence-corrected chi connectivity index (χ2v) is 5.25. The van der Waals surface area contributed by atoms with Crippen LogP contribution in [0.2, 0.25) is 0 Å². The van der Waals surface area contributed by atoms with Crippen molar-refractivity contribution in [3.63, 3.8) is 0 Å². The minimum absolute atomic E-state index is 0.0771. The summed E-state index contributed by atoms with van der Waals surface area (Å²) in [5.74, 6) is 4.26. The van der Waals surface area contributed by atoms with E-state index in [2.05, 4.69) is 6.92 Å². The first-order valence-corrected chi connectivity index (χ1v) is 7.49. The molecule has 1 aromatic carbocycles. The molecule has 0 bridgehead atoms. The van der Waals surface area contributed by atoms with E-state index in [0.29, 0.717) is 11.1 Å². The molecule has 21 heavy (non-hydrogen) atoms. The normalized spacial score (nSPS) is 12.2. The molecule has 3 N–H and O–H groups in total. The number of hydrogen-bond donors (Lipinski definition) is 2. The van der Waals surface area contributed by atoms with Crippen molar-refractivity contribution in [3.8, 4) is 0 Å². The van der Waals surface area contributed by atoms with Gasteiger partial charge >= 0.3 is 0 Å². The zero-order valence-electron chi connectivity index (χ0n) is 12.8. The topological polar surface area (TPSA) is 64.3 Å². The van der Waals surface area contributed by atoms with E-state index in [1.807, 2.05) is 12.3 Å². The Labute approximate surface area is 125 Å². The maximum absolute atomic E-state index is 13.7. The van der Waals surface area contributed by atoms with Gasteiger partial charge in [-0.15, -0.1) is 0 Å². The van der Waals surface area contributed by atoms with Gasteiger partial charge in [0.25, 0.3) is 5.91 Å². The third-order valence-electron chi connectivity index (χ3n) is 3.43. The minimum Gasteiger partial charge on any atom is -0.374 e. The van der Waals surface area contributed by atoms with Crippen LogP contribution in [-0.2, 0) is 11.3 Å². The first kappa shape index (κ1) is 17.6. The van der Waals surface area contributed by atoms with E-state index in [1.54, 1.807) is 0 Å². The molecule has 1 rings (SSSR count). The predicted octanol–water partition coefficient (Wildman–Crippen LogP) is 3.30. The van der Waals surface area contributed by atoms with Crippen molar-refractivity contribution in [1.82, 2.24) is 5.43 Å². The van der Waals surface area contributed by atoms with Crippen molar-refractivity contribution >= 4 is 5.91 Å². The van der Waals surface area contributed by atoms with Crippen molar-refractivity contribution in [2.75, 3.05) is 0 Å². The van der Waals surface area contributed by atoms with Gasteiger partial charge in [-0.1, -0.05) is 32.6 Å². The standard InChI is InChI=1S/C16H25FN2O2/c1-3-4-5-6-7-12(2)21-11-14-10-13(16(20)19-18)8-9-15(14)17/h8-10,12H,3-7,11,18H2,1-2H3,(H,19,20). The van der Waals surface area contributed by atoms with Crippen LogP contribution in [-0.4, -0.2) is 12.0 Å². The Morgan fingerprint density at radius 1 is 1.38 bits per heavy atom. The van der Waals surface area contributed by atoms with Gasteiger partial charge in [-0.3, -0.25) is 10.2 Å². The van der Waals surface area contributed by atoms with Crippen LogP contribution in [0.1, 0.15) is 61.9 Å². The zero-order valence-corrected chi connectivity index (χ0v) is 12.8. The molecule has 1 unspecified atom stereocenters. The monoisotopic (exact) mass is 296 g/mol. The number of rotatable bonds is 9. The summed E-state index contributed by atoms with van der Waals surface area (Å²) in [4.78, 5) is 11.4. The van der Waals surface area contributed by atoms with E-state index < -0.39 is 5.91 Å². The fourth-order valence-corrected chi connectivity index (χ4v) is 2.08. The molecule has 0 aromatic heterocycles. The first-order valence-electron chi connectivity index (χ1n) is 7.49. The molecule has 118 valence electrons. The van der Waals surface area contributed by atoms with Crippen LogP contribution in [0.4, 0.5) is 4.39 Å². The molecular formula is C16H25FN2O2. The molecule has 0 aliphatic rings. The summed E-state index contributed by atoms with van der Waals surface area (Å²) in [7, 11) is 0. The van der Waals surface area contributed by atoms with Gasteiger partial charge in [0.15, 0.2) is 0 Å². The van der Waals surface area contributed by atoms with Crippen LogP contribution in [0.3, 0.4) is 0 Å². The average molecular weight is 296 g/mol. The van der Waals surface area contributed by atoms with Crippen LogP contribution in [0.25, 0.3) is 0 Å². The number of carbonyl (C=O) groups excluding carboxylic acids is 1. The second kappa shape index (κ2) is 9.47. The smallest absolute Gasteiger partial charge is 0.265 e. The fourth-order valence-electron chi connectivity index (χ4n) is 2.08. The number of nitrogens with two attached hydrogens (primary N) is 1. The van der Waals surface area contributed by atoms with E-state index in [4.69, 9.17) is 10.6 Å². The van der Waals surface area contributed by atoms with Crippen molar-refractivity contribution in [2.45, 2.75) is 58.7 Å². The number of nitrogens with one attached hydrogen (secondary N) is 1. The third kappa shape index (κ3) is 6.23. The molecule has 0 saturated heterocycles. The number of unbranched alkanes of at least 4 members (excludes halogenated alkanes) is 3. The minimum atomic E-state index is -0.441. The van der Waals surface area contributed by atoms with Crippen molar-refractivity contribution in [3.05, 3.63) is 35.1 Å². The number of benzene rings is 1. The highest BCUT2D eigenvalue weighted by Crippen LogP contribution is 2.15. The van der Waals surface area contributed by atoms with Gasteiger partial charge in [-0.2, -0.15) is 0 Å². The van der Waals surface area contributed by atoms with Gasteiger partial charge in [-0.25, -0.2) is 10.2 Å². The van der Waals surface area contributed by atoms with E-state index in [-0.39, 0.29) is 18.5 Å². The Bertz CT molecular complexity index is 452. The molecule has 0 aliphatic heterocycles. The summed E-state index contributed by atoms with van der Waals surface area (Å²) in [5.41, 5.74) is 2.73. The Morgan fingerprint density at radius 2 is 2.14 bits per heavy atom. The molecule has 0 fully saturated rings. The van der Waals surface area contributed by atoms with Crippen LogP contribution >= 0.6 is 0 Å². The molecule has 4 nitrogen and oxygen atoms in total. The maximum Gasteiger partial charge on any atom is 0.265 e. The summed E-state index contributed by atoms with van der Waals surface area (Å²) in [5, 5.41) is 0. The Morgan fingerprint density at radius 3 is 2.81 bits per heavy atom. The summed E-state index contributed by atoms with van der Waals surface area (Å²) in [6, 6.07) is 4.13. The number of hydrogen-bond acceptors (Lipinski definition) is 3. The number of ether oxygens (including phenoxy) is 1. The van der Waals surface area contributed by atoms with Gasteiger partial charge in [-0.05, 0) is 31.5 Å². The predicted molar refractivity (Wildman–Crippen MR) is 81.1 cm³/mol. The van der Waals surface area contributed by atoms with E-state index in [9.17, 15) is 9.18 Å². The van der Waals surface area contributed by atoms with Gasteiger partial charge in [0.05, 0.1) is 12.7 Å². The highest BCUT2D eigenvalue weighted by molar-refractivity contribution is 5.93. The van der Waals surface area contributed by atoms with Crippen LogP contribution in [0, 0.1) is 5.82 Å². The van der Waals surface area contributed by atoms with Crippen LogP contribution in [0.5, 0.6) is 0 Å². The van der Waals surface area contributed by atoms with E-state index in [0.717, 1.165) is 12.8 Å². The van der Waals surface area contributed by atoms with E-state index in [1.165, 1.54) is 37.5 Å². The summed E-state index contributed by atoms with van der Waals surface area (Å²) < 4.78 is 19.4. The number of amides is 1. The second-order valence-electron chi connectivity index (χ2n) is 5.25. The lowest BCUT2D eigenvalue weighted by Crippen LogP contribution is -2.30. The molecule has 5 heteroatoms. The first-order chi connectivity index (χ1) is 10.1. The van der Waals surface area contributed by atoms with Crippen molar-refractivity contribution < 1.29 is 13.9 Å². The van der Waals surface area contributed by atoms with Crippen molar-refractivity contribution in [2.24, 2.45) is 5.84 Å². The number of carbonyl (C=O) groups is 1. The van der Waals surface area contributed by atoms with Crippen molar-refractivity contribution in [1.29, 1.82) is 0 Å². The van der Waals surface area contributed by atoms with Gasteiger partial charge in [0.1, 0.15) is 5.82 Å². The Hall–Kier alpha value is -1.46. The molecule has 1 aromatic rings. The summed E-state index contributed by atoms with van der Waals surface area (Å²) >= 11 is 0.